The Morgan fingerprint density at radius 3 is 2.64 bits per heavy atom. The minimum atomic E-state index is -0.734. The average molecular weight is 456 g/mol. The molecule has 12 nitrogen and oxygen atoms in total. The molecule has 3 aromatic heterocycles. The van der Waals surface area contributed by atoms with Crippen molar-refractivity contribution in [2.75, 3.05) is 18.8 Å². The lowest BCUT2D eigenvalue weighted by atomic mass is 9.96. The Morgan fingerprint density at radius 1 is 1.27 bits per heavy atom. The number of nitrogen functional groups attached to an aromatic ring is 1. The molecule has 1 fully saturated rings. The van der Waals surface area contributed by atoms with Gasteiger partial charge < -0.3 is 20.1 Å². The number of likely N-dealkylation sites (tertiary alicyclic amines) is 1. The van der Waals surface area contributed by atoms with Gasteiger partial charge in [0.1, 0.15) is 18.2 Å². The Morgan fingerprint density at radius 2 is 2.00 bits per heavy atom. The van der Waals surface area contributed by atoms with Crippen LogP contribution >= 0.6 is 0 Å². The molecule has 4 rings (SSSR count). The van der Waals surface area contributed by atoms with Crippen molar-refractivity contribution in [3.63, 3.8) is 0 Å². The van der Waals surface area contributed by atoms with Crippen molar-refractivity contribution in [3.8, 4) is 23.1 Å². The Kier molecular flexibility index (Phi) is 6.21. The van der Waals surface area contributed by atoms with Crippen LogP contribution in [0.25, 0.3) is 23.1 Å². The maximum Gasteiger partial charge on any atom is 0.270 e. The largest absolute Gasteiger partial charge is 0.419 e. The van der Waals surface area contributed by atoms with E-state index in [1.807, 2.05) is 25.7 Å². The monoisotopic (exact) mass is 455 g/mol. The fourth-order valence-electron chi connectivity index (χ4n) is 3.78. The van der Waals surface area contributed by atoms with Crippen LogP contribution in [0.1, 0.15) is 57.7 Å². The van der Waals surface area contributed by atoms with E-state index in [0.717, 1.165) is 19.1 Å². The van der Waals surface area contributed by atoms with Crippen molar-refractivity contribution >= 4 is 12.1 Å². The maximum atomic E-state index is 10.7. The van der Waals surface area contributed by atoms with E-state index in [-0.39, 0.29) is 29.5 Å². The smallest absolute Gasteiger partial charge is 0.270 e. The molecule has 1 aliphatic rings. The molecule has 0 saturated carbocycles. The van der Waals surface area contributed by atoms with E-state index in [1.165, 1.54) is 0 Å². The summed E-state index contributed by atoms with van der Waals surface area (Å²) in [5.41, 5.74) is 6.54. The minimum absolute atomic E-state index is 0.117. The summed E-state index contributed by atoms with van der Waals surface area (Å²) in [4.78, 5) is 26.1. The maximum absolute atomic E-state index is 10.7. The van der Waals surface area contributed by atoms with Gasteiger partial charge >= 0.3 is 0 Å². The molecule has 3 aromatic rings. The van der Waals surface area contributed by atoms with E-state index in [0.29, 0.717) is 42.0 Å². The van der Waals surface area contributed by atoms with E-state index < -0.39 is 6.23 Å². The highest BCUT2D eigenvalue weighted by Gasteiger charge is 2.28. The van der Waals surface area contributed by atoms with Crippen LogP contribution in [0, 0.1) is 0 Å². The summed E-state index contributed by atoms with van der Waals surface area (Å²) < 4.78 is 7.46. The number of aliphatic hydroxyl groups is 1. The van der Waals surface area contributed by atoms with Gasteiger partial charge in [0, 0.05) is 37.9 Å². The third-order valence-corrected chi connectivity index (χ3v) is 5.70. The summed E-state index contributed by atoms with van der Waals surface area (Å²) >= 11 is 0. The van der Waals surface area contributed by atoms with Gasteiger partial charge in [-0.2, -0.15) is 5.10 Å². The quantitative estimate of drug-likeness (QED) is 0.515. The topological polar surface area (TPSA) is 162 Å². The van der Waals surface area contributed by atoms with Crippen molar-refractivity contribution in [1.82, 2.24) is 39.8 Å². The van der Waals surface area contributed by atoms with Gasteiger partial charge in [-0.05, 0) is 12.8 Å². The van der Waals surface area contributed by atoms with Gasteiger partial charge in [0.2, 0.25) is 5.89 Å². The number of piperidine rings is 1. The zero-order valence-corrected chi connectivity index (χ0v) is 19.3. The molecule has 0 radical (unpaired) electrons. The van der Waals surface area contributed by atoms with Crippen LogP contribution in [0.3, 0.4) is 0 Å². The molecule has 0 bridgehead atoms. The standard InChI is InChI=1S/C21H29N9O3/c1-21(2,3)20-27-26-19(33-20)15-16(22)23-11-13(24-15)18-25-17(28-29(18)4)12-5-8-30(9-6-12)14(32)7-10-31/h10-12,14,32H,5-9H2,1-4H3,(H2,22,23). The molecule has 176 valence electrons. The molecule has 12 heteroatoms. The molecular formula is C21H29N9O3. The first-order chi connectivity index (χ1) is 15.7. The first kappa shape index (κ1) is 22.9. The summed E-state index contributed by atoms with van der Waals surface area (Å²) in [6.45, 7) is 7.28. The van der Waals surface area contributed by atoms with Gasteiger partial charge in [-0.3, -0.25) is 4.90 Å². The summed E-state index contributed by atoms with van der Waals surface area (Å²) in [5, 5.41) is 22.8. The third-order valence-electron chi connectivity index (χ3n) is 5.70. The second-order valence-corrected chi connectivity index (χ2v) is 9.26. The van der Waals surface area contributed by atoms with Crippen molar-refractivity contribution in [3.05, 3.63) is 17.9 Å². The van der Waals surface area contributed by atoms with Gasteiger partial charge in [-0.1, -0.05) is 20.8 Å². The number of nitrogens with zero attached hydrogens (tertiary/aromatic N) is 8. The highest BCUT2D eigenvalue weighted by atomic mass is 16.4. The molecule has 33 heavy (non-hydrogen) atoms. The van der Waals surface area contributed by atoms with Gasteiger partial charge in [-0.25, -0.2) is 19.6 Å². The van der Waals surface area contributed by atoms with Crippen LogP contribution < -0.4 is 5.73 Å². The van der Waals surface area contributed by atoms with Gasteiger partial charge in [0.15, 0.2) is 23.2 Å². The fourth-order valence-corrected chi connectivity index (χ4v) is 3.78. The van der Waals surface area contributed by atoms with Gasteiger partial charge in [-0.15, -0.1) is 10.2 Å². The Hall–Kier alpha value is -3.25. The summed E-state index contributed by atoms with van der Waals surface area (Å²) in [5.74, 6) is 2.29. The second kappa shape index (κ2) is 8.94. The number of nitrogens with two attached hydrogens (primary N) is 1. The number of anilines is 1. The van der Waals surface area contributed by atoms with E-state index in [2.05, 4.69) is 25.3 Å². The molecule has 1 unspecified atom stereocenters. The number of hydrogen-bond acceptors (Lipinski definition) is 11. The predicted molar refractivity (Wildman–Crippen MR) is 119 cm³/mol. The van der Waals surface area contributed by atoms with Crippen LogP contribution in [-0.4, -0.2) is 70.5 Å². The van der Waals surface area contributed by atoms with Crippen LogP contribution in [0.4, 0.5) is 5.82 Å². The summed E-state index contributed by atoms with van der Waals surface area (Å²) in [7, 11) is 1.80. The number of carbonyl (C=O) groups excluding carboxylic acids is 1. The lowest BCUT2D eigenvalue weighted by Gasteiger charge is -2.33. The van der Waals surface area contributed by atoms with Crippen LogP contribution in [-0.2, 0) is 17.3 Å². The average Bonchev–Trinajstić information content (AvgIpc) is 3.42. The van der Waals surface area contributed by atoms with Crippen molar-refractivity contribution in [1.29, 1.82) is 0 Å². The van der Waals surface area contributed by atoms with Crippen molar-refractivity contribution < 1.29 is 14.3 Å². The normalized spacial score (nSPS) is 16.8. The minimum Gasteiger partial charge on any atom is -0.419 e. The lowest BCUT2D eigenvalue weighted by molar-refractivity contribution is -0.113. The van der Waals surface area contributed by atoms with Crippen LogP contribution in [0.5, 0.6) is 0 Å². The van der Waals surface area contributed by atoms with Crippen molar-refractivity contribution in [2.45, 2.75) is 57.6 Å². The highest BCUT2D eigenvalue weighted by Crippen LogP contribution is 2.30. The third kappa shape index (κ3) is 4.76. The second-order valence-electron chi connectivity index (χ2n) is 9.26. The molecule has 1 atom stereocenters. The lowest BCUT2D eigenvalue weighted by Crippen LogP contribution is -2.41. The number of aromatic nitrogens is 7. The van der Waals surface area contributed by atoms with Crippen LogP contribution in [0.15, 0.2) is 10.6 Å². The Labute approximate surface area is 191 Å². The molecular weight excluding hydrogens is 426 g/mol. The van der Waals surface area contributed by atoms with Crippen molar-refractivity contribution in [2.24, 2.45) is 7.05 Å². The molecule has 1 aliphatic heterocycles. The Bertz CT molecular complexity index is 1130. The molecule has 0 amide bonds. The number of aliphatic hydroxyl groups excluding tert-OH is 1. The summed E-state index contributed by atoms with van der Waals surface area (Å²) in [6, 6.07) is 0. The number of rotatable bonds is 6. The van der Waals surface area contributed by atoms with Crippen LogP contribution in [0.2, 0.25) is 0 Å². The molecule has 0 spiro atoms. The van der Waals surface area contributed by atoms with E-state index in [4.69, 9.17) is 15.1 Å². The molecule has 3 N–H and O–H groups in total. The summed E-state index contributed by atoms with van der Waals surface area (Å²) in [6.07, 6.45) is 3.25. The van der Waals surface area contributed by atoms with Gasteiger partial charge in [0.05, 0.1) is 6.20 Å². The molecule has 0 aromatic carbocycles. The number of hydrogen-bond donors (Lipinski definition) is 2. The first-order valence-corrected chi connectivity index (χ1v) is 10.9. The molecule has 0 aliphatic carbocycles. The zero-order chi connectivity index (χ0) is 23.8. The number of carbonyl (C=O) groups is 1. The highest BCUT2D eigenvalue weighted by molar-refractivity contribution is 5.65. The molecule has 4 heterocycles. The number of aldehydes is 1. The number of aryl methyl sites for hydroxylation is 1. The van der Waals surface area contributed by atoms with E-state index >= 15 is 0 Å². The van der Waals surface area contributed by atoms with E-state index in [9.17, 15) is 9.90 Å². The SMILES string of the molecule is Cn1nc(C2CCN(C(O)CC=O)CC2)nc1-c1cnc(N)c(-c2nnc(C(C)(C)C)o2)n1. The van der Waals surface area contributed by atoms with Gasteiger partial charge in [0.25, 0.3) is 5.89 Å². The Balaban J connectivity index is 1.56. The first-order valence-electron chi connectivity index (χ1n) is 10.9. The predicted octanol–water partition coefficient (Wildman–Crippen LogP) is 1.29. The fraction of sp³-hybridized carbons (Fsp3) is 0.571. The van der Waals surface area contributed by atoms with E-state index in [1.54, 1.807) is 17.9 Å². The zero-order valence-electron chi connectivity index (χ0n) is 19.3. The molecule has 1 saturated heterocycles.